The minimum atomic E-state index is -0.0302. The summed E-state index contributed by atoms with van der Waals surface area (Å²) in [5.74, 6) is 0. The molecule has 1 spiro atoms. The third kappa shape index (κ3) is 3.08. The molecular weight excluding hydrogens is 298 g/mol. The summed E-state index contributed by atoms with van der Waals surface area (Å²) in [6, 6.07) is 5.64. The summed E-state index contributed by atoms with van der Waals surface area (Å²) in [5, 5.41) is 3.58. The highest BCUT2D eigenvalue weighted by Gasteiger charge is 2.40. The van der Waals surface area contributed by atoms with Crippen molar-refractivity contribution in [2.45, 2.75) is 26.2 Å². The van der Waals surface area contributed by atoms with Crippen LogP contribution in [0.15, 0.2) is 18.2 Å². The first-order chi connectivity index (χ1) is 10.5. The van der Waals surface area contributed by atoms with Crippen LogP contribution in [0, 0.1) is 12.3 Å². The number of urea groups is 1. The van der Waals surface area contributed by atoms with Gasteiger partial charge in [0.2, 0.25) is 0 Å². The number of hydrogen-bond acceptors (Lipinski definition) is 2. The first kappa shape index (κ1) is 15.6. The van der Waals surface area contributed by atoms with Gasteiger partial charge in [-0.25, -0.2) is 4.79 Å². The van der Waals surface area contributed by atoms with Crippen molar-refractivity contribution in [3.05, 3.63) is 28.8 Å². The topological polar surface area (TPSA) is 35.6 Å². The molecule has 5 heteroatoms. The molecule has 2 aliphatic rings. The molecule has 2 aliphatic heterocycles. The molecule has 1 N–H and O–H groups in total. The molecule has 3 rings (SSSR count). The number of aryl methyl sites for hydroxylation is 1. The van der Waals surface area contributed by atoms with Crippen molar-refractivity contribution in [3.8, 4) is 0 Å². The maximum Gasteiger partial charge on any atom is 0.321 e. The van der Waals surface area contributed by atoms with Crippen LogP contribution in [-0.2, 0) is 0 Å². The molecule has 1 aromatic carbocycles. The van der Waals surface area contributed by atoms with Crippen molar-refractivity contribution >= 4 is 23.3 Å². The van der Waals surface area contributed by atoms with E-state index in [4.69, 9.17) is 11.6 Å². The van der Waals surface area contributed by atoms with E-state index in [9.17, 15) is 4.79 Å². The van der Waals surface area contributed by atoms with Gasteiger partial charge in [-0.1, -0.05) is 23.7 Å². The van der Waals surface area contributed by atoms with Gasteiger partial charge in [-0.15, -0.1) is 0 Å². The van der Waals surface area contributed by atoms with Crippen LogP contribution in [0.5, 0.6) is 0 Å². The van der Waals surface area contributed by atoms with E-state index in [-0.39, 0.29) is 6.03 Å². The minimum absolute atomic E-state index is 0.0302. The molecule has 0 unspecified atom stereocenters. The zero-order valence-electron chi connectivity index (χ0n) is 13.4. The Morgan fingerprint density at radius 2 is 1.91 bits per heavy atom. The molecule has 0 atom stereocenters. The quantitative estimate of drug-likeness (QED) is 0.858. The fourth-order valence-corrected chi connectivity index (χ4v) is 4.00. The summed E-state index contributed by atoms with van der Waals surface area (Å²) in [6.07, 6.45) is 3.47. The third-order valence-electron chi connectivity index (χ3n) is 5.19. The number of carbonyl (C=O) groups excluding carboxylic acids is 1. The lowest BCUT2D eigenvalue weighted by Crippen LogP contribution is -2.45. The lowest BCUT2D eigenvalue weighted by molar-refractivity contribution is 0.129. The lowest BCUT2D eigenvalue weighted by Gasteiger charge is -2.39. The highest BCUT2D eigenvalue weighted by molar-refractivity contribution is 6.33. The Hall–Kier alpha value is -1.26. The highest BCUT2D eigenvalue weighted by Crippen LogP contribution is 2.39. The van der Waals surface area contributed by atoms with Crippen molar-refractivity contribution in [2.24, 2.45) is 5.41 Å². The molecule has 0 aliphatic carbocycles. The maximum atomic E-state index is 12.5. The molecule has 22 heavy (non-hydrogen) atoms. The number of nitrogens with one attached hydrogen (secondary N) is 1. The van der Waals surface area contributed by atoms with Crippen LogP contribution in [0.4, 0.5) is 10.5 Å². The number of benzene rings is 1. The third-order valence-corrected chi connectivity index (χ3v) is 5.51. The number of halogens is 1. The highest BCUT2D eigenvalue weighted by atomic mass is 35.5. The zero-order chi connectivity index (χ0) is 15.7. The molecular formula is C17H24ClN3O. The smallest absolute Gasteiger partial charge is 0.321 e. The molecule has 2 amide bonds. The van der Waals surface area contributed by atoms with Gasteiger partial charge in [-0.3, -0.25) is 0 Å². The Balaban J connectivity index is 1.61. The van der Waals surface area contributed by atoms with Crippen LogP contribution in [-0.4, -0.2) is 49.1 Å². The molecule has 1 aromatic rings. The van der Waals surface area contributed by atoms with Crippen LogP contribution in [0.1, 0.15) is 24.8 Å². The number of piperidine rings is 1. The molecule has 120 valence electrons. The summed E-state index contributed by atoms with van der Waals surface area (Å²) >= 11 is 6.19. The van der Waals surface area contributed by atoms with Gasteiger partial charge >= 0.3 is 6.03 Å². The molecule has 0 saturated carbocycles. The van der Waals surface area contributed by atoms with E-state index in [1.54, 1.807) is 0 Å². The maximum absolute atomic E-state index is 12.5. The van der Waals surface area contributed by atoms with Crippen LogP contribution in [0.3, 0.4) is 0 Å². The molecule has 2 heterocycles. The van der Waals surface area contributed by atoms with Gasteiger partial charge < -0.3 is 15.1 Å². The number of hydrogen-bond donors (Lipinski definition) is 1. The number of likely N-dealkylation sites (tertiary alicyclic amines) is 2. The van der Waals surface area contributed by atoms with E-state index in [1.165, 1.54) is 19.5 Å². The van der Waals surface area contributed by atoms with E-state index < -0.39 is 0 Å². The van der Waals surface area contributed by atoms with Gasteiger partial charge in [0, 0.05) is 19.6 Å². The Morgan fingerprint density at radius 3 is 2.50 bits per heavy atom. The molecule has 0 bridgehead atoms. The Bertz CT molecular complexity index is 547. The normalized spacial score (nSPS) is 21.3. The van der Waals surface area contributed by atoms with Crippen molar-refractivity contribution in [3.63, 3.8) is 0 Å². The van der Waals surface area contributed by atoms with Crippen LogP contribution < -0.4 is 5.32 Å². The second-order valence-corrected chi connectivity index (χ2v) is 7.24. The van der Waals surface area contributed by atoms with Crippen molar-refractivity contribution < 1.29 is 4.79 Å². The number of amides is 2. The van der Waals surface area contributed by atoms with Crippen molar-refractivity contribution in [1.82, 2.24) is 9.80 Å². The first-order valence-corrected chi connectivity index (χ1v) is 8.37. The molecule has 4 nitrogen and oxygen atoms in total. The number of para-hydroxylation sites is 1. The molecule has 2 fully saturated rings. The summed E-state index contributed by atoms with van der Waals surface area (Å²) in [5.41, 5.74) is 2.16. The van der Waals surface area contributed by atoms with Gasteiger partial charge in [0.1, 0.15) is 0 Å². The number of anilines is 1. The van der Waals surface area contributed by atoms with E-state index in [0.29, 0.717) is 10.4 Å². The van der Waals surface area contributed by atoms with Crippen LogP contribution in [0.25, 0.3) is 0 Å². The van der Waals surface area contributed by atoms with Gasteiger partial charge in [-0.2, -0.15) is 0 Å². The average Bonchev–Trinajstić information content (AvgIpc) is 2.84. The van der Waals surface area contributed by atoms with Gasteiger partial charge in [0.25, 0.3) is 0 Å². The minimum Gasteiger partial charge on any atom is -0.324 e. The van der Waals surface area contributed by atoms with Gasteiger partial charge in [0.05, 0.1) is 10.7 Å². The average molecular weight is 322 g/mol. The SMILES string of the molecule is Cc1cccc(Cl)c1NC(=O)N1CCC2(CCN(C)C2)CC1. The van der Waals surface area contributed by atoms with E-state index in [2.05, 4.69) is 17.3 Å². The van der Waals surface area contributed by atoms with E-state index >= 15 is 0 Å². The summed E-state index contributed by atoms with van der Waals surface area (Å²) in [4.78, 5) is 16.8. The lowest BCUT2D eigenvalue weighted by atomic mass is 9.78. The number of rotatable bonds is 1. The summed E-state index contributed by atoms with van der Waals surface area (Å²) < 4.78 is 0. The molecule has 2 saturated heterocycles. The number of nitrogens with zero attached hydrogens (tertiary/aromatic N) is 2. The Labute approximate surface area is 137 Å². The fraction of sp³-hybridized carbons (Fsp3) is 0.588. The molecule has 0 aromatic heterocycles. The van der Waals surface area contributed by atoms with E-state index in [1.807, 2.05) is 30.0 Å². The zero-order valence-corrected chi connectivity index (χ0v) is 14.1. The first-order valence-electron chi connectivity index (χ1n) is 7.99. The standard InChI is InChI=1S/C17H24ClN3O/c1-13-4-3-5-14(18)15(13)19-16(22)21-10-7-17(8-11-21)6-9-20(2)12-17/h3-5H,6-12H2,1-2H3,(H,19,22). The monoisotopic (exact) mass is 321 g/mol. The second-order valence-electron chi connectivity index (χ2n) is 6.84. The predicted octanol–water partition coefficient (Wildman–Crippen LogP) is 3.60. The molecule has 0 radical (unpaired) electrons. The number of carbonyl (C=O) groups is 1. The van der Waals surface area contributed by atoms with Crippen LogP contribution >= 0.6 is 11.6 Å². The Morgan fingerprint density at radius 1 is 1.23 bits per heavy atom. The predicted molar refractivity (Wildman–Crippen MR) is 90.6 cm³/mol. The van der Waals surface area contributed by atoms with Gasteiger partial charge in [-0.05, 0) is 56.8 Å². The Kier molecular flexibility index (Phi) is 4.33. The van der Waals surface area contributed by atoms with Crippen molar-refractivity contribution in [2.75, 3.05) is 38.5 Å². The van der Waals surface area contributed by atoms with Gasteiger partial charge in [0.15, 0.2) is 0 Å². The van der Waals surface area contributed by atoms with Crippen LogP contribution in [0.2, 0.25) is 5.02 Å². The fourth-order valence-electron chi connectivity index (χ4n) is 3.73. The van der Waals surface area contributed by atoms with Crippen molar-refractivity contribution in [1.29, 1.82) is 0 Å². The second kappa shape index (κ2) is 6.09. The van der Waals surface area contributed by atoms with E-state index in [0.717, 1.165) is 37.2 Å². The summed E-state index contributed by atoms with van der Waals surface area (Å²) in [7, 11) is 2.19. The largest absolute Gasteiger partial charge is 0.324 e. The summed E-state index contributed by atoms with van der Waals surface area (Å²) in [6.45, 7) is 5.99.